The molecule has 2 rings (SSSR count). The van der Waals surface area contributed by atoms with Crippen molar-refractivity contribution in [2.24, 2.45) is 0 Å². The first-order chi connectivity index (χ1) is 11.0. The van der Waals surface area contributed by atoms with E-state index in [0.29, 0.717) is 6.61 Å². The molecule has 0 aromatic carbocycles. The summed E-state index contributed by atoms with van der Waals surface area (Å²) >= 11 is 0. The van der Waals surface area contributed by atoms with Crippen LogP contribution >= 0.6 is 0 Å². The van der Waals surface area contributed by atoms with Crippen LogP contribution in [0.4, 0.5) is 0 Å². The van der Waals surface area contributed by atoms with Gasteiger partial charge in [-0.25, -0.2) is 4.98 Å². The SMILES string of the molecule is CCCCCOc1cccn2c(C[N+](C)(C)C)c(COC)nc12. The highest BCUT2D eigenvalue weighted by Crippen LogP contribution is 2.24. The number of imidazole rings is 1. The standard InChI is InChI=1S/C18H30N3O2/c1-6-7-8-12-23-17-10-9-11-20-16(13-21(2,3)4)15(14-22-5)19-18(17)20/h9-11H,6-8,12-14H2,1-5H3/q+1. The van der Waals surface area contributed by atoms with Crippen molar-refractivity contribution in [1.29, 1.82) is 0 Å². The molecule has 0 spiro atoms. The smallest absolute Gasteiger partial charge is 0.180 e. The molecular weight excluding hydrogens is 290 g/mol. The highest BCUT2D eigenvalue weighted by atomic mass is 16.5. The third-order valence-electron chi connectivity index (χ3n) is 3.71. The summed E-state index contributed by atoms with van der Waals surface area (Å²) in [4.78, 5) is 4.79. The van der Waals surface area contributed by atoms with Crippen molar-refractivity contribution in [3.05, 3.63) is 29.7 Å². The molecule has 0 amide bonds. The van der Waals surface area contributed by atoms with Gasteiger partial charge >= 0.3 is 0 Å². The summed E-state index contributed by atoms with van der Waals surface area (Å²) in [6.07, 6.45) is 5.53. The van der Waals surface area contributed by atoms with Gasteiger partial charge in [-0.2, -0.15) is 0 Å². The highest BCUT2D eigenvalue weighted by molar-refractivity contribution is 5.56. The van der Waals surface area contributed by atoms with E-state index in [2.05, 4.69) is 38.7 Å². The van der Waals surface area contributed by atoms with E-state index in [9.17, 15) is 0 Å². The molecule has 0 saturated heterocycles. The van der Waals surface area contributed by atoms with Crippen LogP contribution in [0.25, 0.3) is 5.65 Å². The van der Waals surface area contributed by atoms with Gasteiger partial charge in [0.25, 0.3) is 0 Å². The maximum Gasteiger partial charge on any atom is 0.180 e. The minimum atomic E-state index is 0.520. The van der Waals surface area contributed by atoms with Gasteiger partial charge in [0.05, 0.1) is 40.1 Å². The normalized spacial score (nSPS) is 12.0. The summed E-state index contributed by atoms with van der Waals surface area (Å²) in [6, 6.07) is 4.03. The molecule has 0 fully saturated rings. The van der Waals surface area contributed by atoms with Crippen molar-refractivity contribution in [2.45, 2.75) is 39.3 Å². The zero-order valence-corrected chi connectivity index (χ0v) is 15.1. The number of unbranched alkanes of at least 4 members (excludes halogenated alkanes) is 2. The molecular formula is C18H30N3O2+. The Morgan fingerprint density at radius 1 is 1.22 bits per heavy atom. The second kappa shape index (κ2) is 7.79. The first-order valence-corrected chi connectivity index (χ1v) is 8.37. The van der Waals surface area contributed by atoms with E-state index in [0.717, 1.165) is 41.1 Å². The van der Waals surface area contributed by atoms with Crippen LogP contribution in [-0.4, -0.2) is 48.7 Å². The van der Waals surface area contributed by atoms with Crippen LogP contribution in [-0.2, 0) is 17.9 Å². The van der Waals surface area contributed by atoms with E-state index in [1.54, 1.807) is 7.11 Å². The van der Waals surface area contributed by atoms with E-state index in [4.69, 9.17) is 14.5 Å². The van der Waals surface area contributed by atoms with Gasteiger partial charge < -0.3 is 14.0 Å². The predicted molar refractivity (Wildman–Crippen MR) is 92.7 cm³/mol. The van der Waals surface area contributed by atoms with E-state index in [1.165, 1.54) is 18.5 Å². The van der Waals surface area contributed by atoms with Crippen molar-refractivity contribution >= 4 is 5.65 Å². The quantitative estimate of drug-likeness (QED) is 0.525. The predicted octanol–water partition coefficient (Wildman–Crippen LogP) is 3.26. The number of fused-ring (bicyclic) bond motifs is 1. The number of methoxy groups -OCH3 is 1. The Morgan fingerprint density at radius 2 is 2.00 bits per heavy atom. The lowest BCUT2D eigenvalue weighted by Gasteiger charge is -2.24. The van der Waals surface area contributed by atoms with E-state index in [1.807, 2.05) is 12.1 Å². The van der Waals surface area contributed by atoms with Crippen molar-refractivity contribution in [2.75, 3.05) is 34.9 Å². The molecule has 0 aliphatic carbocycles. The molecule has 0 saturated carbocycles. The maximum atomic E-state index is 5.97. The minimum Gasteiger partial charge on any atom is -0.490 e. The van der Waals surface area contributed by atoms with Crippen molar-refractivity contribution in [1.82, 2.24) is 9.38 Å². The van der Waals surface area contributed by atoms with Crippen LogP contribution in [0.3, 0.4) is 0 Å². The largest absolute Gasteiger partial charge is 0.490 e. The van der Waals surface area contributed by atoms with Crippen LogP contribution in [0.5, 0.6) is 5.75 Å². The molecule has 0 atom stereocenters. The minimum absolute atomic E-state index is 0.520. The van der Waals surface area contributed by atoms with Crippen LogP contribution in [0.1, 0.15) is 37.6 Å². The van der Waals surface area contributed by atoms with Crippen LogP contribution < -0.4 is 4.74 Å². The number of pyridine rings is 1. The second-order valence-electron chi connectivity index (χ2n) is 7.01. The Hall–Kier alpha value is -1.59. The molecule has 23 heavy (non-hydrogen) atoms. The van der Waals surface area contributed by atoms with E-state index >= 15 is 0 Å². The van der Waals surface area contributed by atoms with Gasteiger partial charge in [-0.3, -0.25) is 4.40 Å². The Balaban J connectivity index is 2.34. The third kappa shape index (κ3) is 4.69. The average molecular weight is 320 g/mol. The lowest BCUT2D eigenvalue weighted by molar-refractivity contribution is -0.884. The van der Waals surface area contributed by atoms with Gasteiger partial charge in [-0.1, -0.05) is 19.8 Å². The molecule has 5 heteroatoms. The third-order valence-corrected chi connectivity index (χ3v) is 3.71. The van der Waals surface area contributed by atoms with Gasteiger partial charge in [0.1, 0.15) is 12.2 Å². The van der Waals surface area contributed by atoms with Gasteiger partial charge in [0.2, 0.25) is 0 Å². The van der Waals surface area contributed by atoms with Crippen molar-refractivity contribution in [3.63, 3.8) is 0 Å². The molecule has 0 unspecified atom stereocenters. The zero-order chi connectivity index (χ0) is 16.9. The molecule has 0 N–H and O–H groups in total. The van der Waals surface area contributed by atoms with Crippen LogP contribution in [0.15, 0.2) is 18.3 Å². The Morgan fingerprint density at radius 3 is 2.65 bits per heavy atom. The first kappa shape index (κ1) is 17.8. The second-order valence-corrected chi connectivity index (χ2v) is 7.01. The van der Waals surface area contributed by atoms with Crippen molar-refractivity contribution < 1.29 is 14.0 Å². The van der Waals surface area contributed by atoms with Crippen LogP contribution in [0.2, 0.25) is 0 Å². The summed E-state index contributed by atoms with van der Waals surface area (Å²) in [6.45, 7) is 4.35. The maximum absolute atomic E-state index is 5.97. The van der Waals surface area contributed by atoms with Crippen molar-refractivity contribution in [3.8, 4) is 5.75 Å². The number of hydrogen-bond donors (Lipinski definition) is 0. The topological polar surface area (TPSA) is 35.8 Å². The van der Waals surface area contributed by atoms with E-state index < -0.39 is 0 Å². The fraction of sp³-hybridized carbons (Fsp3) is 0.611. The van der Waals surface area contributed by atoms with Gasteiger partial charge in [-0.15, -0.1) is 0 Å². The summed E-state index contributed by atoms with van der Waals surface area (Å²) in [7, 11) is 8.26. The fourth-order valence-corrected chi connectivity index (χ4v) is 2.65. The molecule has 0 radical (unpaired) electrons. The molecule has 5 nitrogen and oxygen atoms in total. The van der Waals surface area contributed by atoms with Gasteiger partial charge in [-0.05, 0) is 18.6 Å². The van der Waals surface area contributed by atoms with Gasteiger partial charge in [0, 0.05) is 13.3 Å². The summed E-state index contributed by atoms with van der Waals surface area (Å²) in [5.74, 6) is 0.855. The molecule has 128 valence electrons. The molecule has 2 heterocycles. The average Bonchev–Trinajstić information content (AvgIpc) is 2.81. The number of hydrogen-bond acceptors (Lipinski definition) is 3. The Kier molecular flexibility index (Phi) is 6.02. The summed E-state index contributed by atoms with van der Waals surface area (Å²) in [5.41, 5.74) is 3.07. The lowest BCUT2D eigenvalue weighted by Crippen LogP contribution is -2.34. The monoisotopic (exact) mass is 320 g/mol. The first-order valence-electron chi connectivity index (χ1n) is 8.37. The fourth-order valence-electron chi connectivity index (χ4n) is 2.65. The summed E-state index contributed by atoms with van der Waals surface area (Å²) < 4.78 is 14.3. The Labute approximate surface area is 139 Å². The highest BCUT2D eigenvalue weighted by Gasteiger charge is 2.20. The Bertz CT molecular complexity index is 629. The number of ether oxygens (including phenoxy) is 2. The lowest BCUT2D eigenvalue weighted by atomic mass is 10.3. The molecule has 0 bridgehead atoms. The zero-order valence-electron chi connectivity index (χ0n) is 15.1. The molecule has 2 aromatic rings. The molecule has 0 aliphatic rings. The molecule has 2 aromatic heterocycles. The van der Waals surface area contributed by atoms with E-state index in [-0.39, 0.29) is 0 Å². The number of rotatable bonds is 9. The number of aromatic nitrogens is 2. The molecule has 0 aliphatic heterocycles. The van der Waals surface area contributed by atoms with Gasteiger partial charge in [0.15, 0.2) is 11.4 Å². The number of quaternary nitrogens is 1. The van der Waals surface area contributed by atoms with Crippen LogP contribution in [0, 0.1) is 0 Å². The number of nitrogens with zero attached hydrogens (tertiary/aromatic N) is 3. The summed E-state index contributed by atoms with van der Waals surface area (Å²) in [5, 5.41) is 0.